The van der Waals surface area contributed by atoms with Crippen LogP contribution in [0.2, 0.25) is 5.02 Å². The van der Waals surface area contributed by atoms with Gasteiger partial charge < -0.3 is 14.5 Å². The highest BCUT2D eigenvalue weighted by molar-refractivity contribution is 9.10. The number of carbonyl (C=O) groups is 1. The molecule has 0 aliphatic carbocycles. The number of nitrogens with one attached hydrogen (secondary N) is 1. The normalized spacial score (nSPS) is 10.9. The van der Waals surface area contributed by atoms with E-state index in [0.29, 0.717) is 33.4 Å². The molecule has 0 radical (unpaired) electrons. The van der Waals surface area contributed by atoms with Gasteiger partial charge in [0.2, 0.25) is 5.89 Å². The molecule has 0 unspecified atom stereocenters. The molecule has 4 rings (SSSR count). The van der Waals surface area contributed by atoms with Crippen LogP contribution < -0.4 is 10.1 Å². The standard InChI is InChI=1S/C23H18BrClN2O3/c1-13-9-16(10-14(2)22(13)25)29-12-21(28)26-15-7-8-20-19(11-15)27-23(30-20)17-5-3-4-6-18(17)24/h3-11H,12H2,1-2H3,(H,26,28). The lowest BCUT2D eigenvalue weighted by atomic mass is 10.1. The van der Waals surface area contributed by atoms with E-state index in [-0.39, 0.29) is 12.5 Å². The Labute approximate surface area is 187 Å². The number of aryl methyl sites for hydroxylation is 2. The lowest BCUT2D eigenvalue weighted by Crippen LogP contribution is -2.20. The molecule has 0 bridgehead atoms. The first-order valence-electron chi connectivity index (χ1n) is 9.25. The van der Waals surface area contributed by atoms with Crippen LogP contribution in [0.3, 0.4) is 0 Å². The number of anilines is 1. The van der Waals surface area contributed by atoms with Crippen molar-refractivity contribution in [2.24, 2.45) is 0 Å². The Morgan fingerprint density at radius 2 is 1.87 bits per heavy atom. The molecule has 0 saturated carbocycles. The number of aromatic nitrogens is 1. The molecule has 5 nitrogen and oxygen atoms in total. The molecule has 0 aliphatic heterocycles. The van der Waals surface area contributed by atoms with Crippen molar-refractivity contribution in [2.75, 3.05) is 11.9 Å². The van der Waals surface area contributed by atoms with Gasteiger partial charge >= 0.3 is 0 Å². The molecule has 1 heterocycles. The van der Waals surface area contributed by atoms with Crippen molar-refractivity contribution in [1.29, 1.82) is 0 Å². The highest BCUT2D eigenvalue weighted by Crippen LogP contribution is 2.31. The Morgan fingerprint density at radius 1 is 1.13 bits per heavy atom. The summed E-state index contributed by atoms with van der Waals surface area (Å²) in [7, 11) is 0. The average molecular weight is 486 g/mol. The molecule has 0 spiro atoms. The minimum absolute atomic E-state index is 0.112. The van der Waals surface area contributed by atoms with Crippen LogP contribution >= 0.6 is 27.5 Å². The fourth-order valence-electron chi connectivity index (χ4n) is 3.09. The highest BCUT2D eigenvalue weighted by atomic mass is 79.9. The van der Waals surface area contributed by atoms with Crippen LogP contribution in [0.5, 0.6) is 5.75 Å². The molecule has 0 saturated heterocycles. The predicted octanol–water partition coefficient (Wildman–Crippen LogP) is 6.55. The van der Waals surface area contributed by atoms with Crippen molar-refractivity contribution in [3.8, 4) is 17.2 Å². The third kappa shape index (κ3) is 4.35. The van der Waals surface area contributed by atoms with Crippen molar-refractivity contribution >= 4 is 50.2 Å². The molecular weight excluding hydrogens is 468 g/mol. The number of oxazole rings is 1. The number of rotatable bonds is 5. The zero-order chi connectivity index (χ0) is 21.3. The summed E-state index contributed by atoms with van der Waals surface area (Å²) in [6, 6.07) is 16.7. The van der Waals surface area contributed by atoms with Crippen LogP contribution in [0.15, 0.2) is 63.5 Å². The van der Waals surface area contributed by atoms with Crippen molar-refractivity contribution < 1.29 is 13.9 Å². The van der Waals surface area contributed by atoms with Gasteiger partial charge in [-0.2, -0.15) is 0 Å². The second kappa shape index (κ2) is 8.50. The second-order valence-corrected chi connectivity index (χ2v) is 8.12. The Balaban J connectivity index is 1.46. The van der Waals surface area contributed by atoms with Crippen LogP contribution in [-0.4, -0.2) is 17.5 Å². The van der Waals surface area contributed by atoms with Crippen LogP contribution in [-0.2, 0) is 4.79 Å². The molecule has 0 fully saturated rings. The number of ether oxygens (including phenoxy) is 1. The van der Waals surface area contributed by atoms with Crippen LogP contribution in [0, 0.1) is 13.8 Å². The maximum atomic E-state index is 12.3. The SMILES string of the molecule is Cc1cc(OCC(=O)Nc2ccc3oc(-c4ccccc4Br)nc3c2)cc(C)c1Cl. The Hall–Kier alpha value is -2.83. The molecule has 152 valence electrons. The molecule has 1 N–H and O–H groups in total. The molecule has 0 aliphatic rings. The summed E-state index contributed by atoms with van der Waals surface area (Å²) in [5, 5.41) is 3.53. The van der Waals surface area contributed by atoms with Gasteiger partial charge in [0.15, 0.2) is 12.2 Å². The quantitative estimate of drug-likeness (QED) is 0.348. The van der Waals surface area contributed by atoms with E-state index in [1.165, 1.54) is 0 Å². The van der Waals surface area contributed by atoms with Crippen molar-refractivity contribution in [2.45, 2.75) is 13.8 Å². The van der Waals surface area contributed by atoms with Gasteiger partial charge in [0.05, 0.1) is 5.56 Å². The van der Waals surface area contributed by atoms with E-state index in [0.717, 1.165) is 21.2 Å². The maximum absolute atomic E-state index is 12.3. The smallest absolute Gasteiger partial charge is 0.262 e. The third-order valence-corrected chi connectivity index (χ3v) is 5.84. The van der Waals surface area contributed by atoms with E-state index in [4.69, 9.17) is 20.8 Å². The molecule has 1 amide bonds. The summed E-state index contributed by atoms with van der Waals surface area (Å²) in [5.41, 5.74) is 4.59. The number of nitrogens with zero attached hydrogens (tertiary/aromatic N) is 1. The van der Waals surface area contributed by atoms with Gasteiger partial charge in [0.25, 0.3) is 5.91 Å². The summed E-state index contributed by atoms with van der Waals surface area (Å²) in [6.45, 7) is 3.69. The fraction of sp³-hybridized carbons (Fsp3) is 0.130. The van der Waals surface area contributed by atoms with Crippen LogP contribution in [0.4, 0.5) is 5.69 Å². The van der Waals surface area contributed by atoms with Gasteiger partial charge in [-0.05, 0) is 83.4 Å². The van der Waals surface area contributed by atoms with E-state index in [9.17, 15) is 4.79 Å². The monoisotopic (exact) mass is 484 g/mol. The molecular formula is C23H18BrClN2O3. The molecule has 4 aromatic rings. The van der Waals surface area contributed by atoms with Crippen LogP contribution in [0.1, 0.15) is 11.1 Å². The van der Waals surface area contributed by atoms with Crippen molar-refractivity contribution in [3.63, 3.8) is 0 Å². The van der Waals surface area contributed by atoms with Gasteiger partial charge in [-0.15, -0.1) is 0 Å². The van der Waals surface area contributed by atoms with Gasteiger partial charge in [-0.1, -0.05) is 23.7 Å². The van der Waals surface area contributed by atoms with E-state index in [1.54, 1.807) is 18.2 Å². The number of amides is 1. The number of hydrogen-bond acceptors (Lipinski definition) is 4. The molecule has 1 aromatic heterocycles. The first kappa shape index (κ1) is 20.4. The zero-order valence-electron chi connectivity index (χ0n) is 16.3. The molecule has 0 atom stereocenters. The minimum Gasteiger partial charge on any atom is -0.484 e. The summed E-state index contributed by atoms with van der Waals surface area (Å²) >= 11 is 9.67. The third-order valence-electron chi connectivity index (χ3n) is 4.56. The van der Waals surface area contributed by atoms with E-state index < -0.39 is 0 Å². The second-order valence-electron chi connectivity index (χ2n) is 6.89. The largest absolute Gasteiger partial charge is 0.484 e. The Morgan fingerprint density at radius 3 is 2.60 bits per heavy atom. The first-order chi connectivity index (χ1) is 14.4. The number of hydrogen-bond donors (Lipinski definition) is 1. The van der Waals surface area contributed by atoms with Crippen molar-refractivity contribution in [1.82, 2.24) is 4.98 Å². The number of carbonyl (C=O) groups excluding carboxylic acids is 1. The minimum atomic E-state index is -0.269. The summed E-state index contributed by atoms with van der Waals surface area (Å²) in [6.07, 6.45) is 0. The van der Waals surface area contributed by atoms with Gasteiger partial charge in [0.1, 0.15) is 11.3 Å². The Bertz CT molecular complexity index is 1230. The molecule has 7 heteroatoms. The molecule has 30 heavy (non-hydrogen) atoms. The highest BCUT2D eigenvalue weighted by Gasteiger charge is 2.12. The summed E-state index contributed by atoms with van der Waals surface area (Å²) < 4.78 is 12.4. The number of fused-ring (bicyclic) bond motifs is 1. The topological polar surface area (TPSA) is 64.4 Å². The van der Waals surface area contributed by atoms with E-state index >= 15 is 0 Å². The van der Waals surface area contributed by atoms with Crippen molar-refractivity contribution in [3.05, 3.63) is 75.2 Å². The first-order valence-corrected chi connectivity index (χ1v) is 10.4. The summed E-state index contributed by atoms with van der Waals surface area (Å²) in [5.74, 6) is 0.849. The van der Waals surface area contributed by atoms with E-state index in [2.05, 4.69) is 26.2 Å². The lowest BCUT2D eigenvalue weighted by molar-refractivity contribution is -0.118. The molecule has 3 aromatic carbocycles. The predicted molar refractivity (Wildman–Crippen MR) is 122 cm³/mol. The van der Waals surface area contributed by atoms with Gasteiger partial charge in [0, 0.05) is 15.2 Å². The van der Waals surface area contributed by atoms with Gasteiger partial charge in [-0.3, -0.25) is 4.79 Å². The Kier molecular flexibility index (Phi) is 5.79. The van der Waals surface area contributed by atoms with Gasteiger partial charge in [-0.25, -0.2) is 4.98 Å². The maximum Gasteiger partial charge on any atom is 0.262 e. The number of halogens is 2. The zero-order valence-corrected chi connectivity index (χ0v) is 18.7. The number of benzene rings is 3. The average Bonchev–Trinajstić information content (AvgIpc) is 3.13. The van der Waals surface area contributed by atoms with E-state index in [1.807, 2.05) is 50.2 Å². The summed E-state index contributed by atoms with van der Waals surface area (Å²) in [4.78, 5) is 16.9. The fourth-order valence-corrected chi connectivity index (χ4v) is 3.65. The van der Waals surface area contributed by atoms with Crippen LogP contribution in [0.25, 0.3) is 22.6 Å². The lowest BCUT2D eigenvalue weighted by Gasteiger charge is -2.10.